The maximum absolute atomic E-state index is 6.14. The van der Waals surface area contributed by atoms with Gasteiger partial charge in [0.25, 0.3) is 0 Å². The lowest BCUT2D eigenvalue weighted by molar-refractivity contribution is -0.208. The van der Waals surface area contributed by atoms with Gasteiger partial charge in [0.15, 0.2) is 12.1 Å². The number of unbranched alkanes of at least 4 members (excludes halogenated alkanes) is 1. The molecular formula is C17H24ClIO3. The first-order valence-corrected chi connectivity index (χ1v) is 9.85. The number of hydrogen-bond donors (Lipinski definition) is 0. The fourth-order valence-corrected chi connectivity index (χ4v) is 4.76. The van der Waals surface area contributed by atoms with Crippen LogP contribution in [0.15, 0.2) is 21.8 Å². The molecule has 2 saturated heterocycles. The summed E-state index contributed by atoms with van der Waals surface area (Å²) < 4.78 is 20.4. The van der Waals surface area contributed by atoms with E-state index >= 15 is 0 Å². The molecule has 5 heteroatoms. The molecule has 3 nitrogen and oxygen atoms in total. The average Bonchev–Trinajstić information content (AvgIpc) is 3.04. The molecule has 0 amide bonds. The van der Waals surface area contributed by atoms with E-state index in [0.29, 0.717) is 11.8 Å². The van der Waals surface area contributed by atoms with Crippen LogP contribution in [0.3, 0.4) is 0 Å². The van der Waals surface area contributed by atoms with Crippen molar-refractivity contribution in [1.29, 1.82) is 0 Å². The molecule has 0 N–H and O–H groups in total. The maximum atomic E-state index is 6.14. The van der Waals surface area contributed by atoms with Crippen molar-refractivity contribution >= 4 is 34.2 Å². The quantitative estimate of drug-likeness (QED) is 0.267. The van der Waals surface area contributed by atoms with Crippen LogP contribution in [0.5, 0.6) is 0 Å². The van der Waals surface area contributed by atoms with Crippen molar-refractivity contribution in [3.63, 3.8) is 0 Å². The molecule has 5 atom stereocenters. The molecular weight excluding hydrogens is 415 g/mol. The zero-order valence-electron chi connectivity index (χ0n) is 13.1. The van der Waals surface area contributed by atoms with Crippen LogP contribution in [0.25, 0.3) is 0 Å². The molecule has 3 aliphatic rings. The van der Waals surface area contributed by atoms with E-state index in [1.165, 1.54) is 5.57 Å². The minimum atomic E-state index is -0.530. The van der Waals surface area contributed by atoms with Crippen LogP contribution < -0.4 is 0 Å². The highest BCUT2D eigenvalue weighted by Crippen LogP contribution is 2.53. The van der Waals surface area contributed by atoms with Crippen LogP contribution in [0, 0.1) is 11.8 Å². The van der Waals surface area contributed by atoms with Gasteiger partial charge in [-0.1, -0.05) is 40.3 Å². The highest BCUT2D eigenvalue weighted by molar-refractivity contribution is 14.1. The Balaban J connectivity index is 1.69. The third kappa shape index (κ3) is 3.41. The van der Waals surface area contributed by atoms with Crippen molar-refractivity contribution in [2.45, 2.75) is 63.8 Å². The van der Waals surface area contributed by atoms with Gasteiger partial charge >= 0.3 is 0 Å². The summed E-state index contributed by atoms with van der Waals surface area (Å²) in [7, 11) is 0. The summed E-state index contributed by atoms with van der Waals surface area (Å²) in [6.07, 6.45) is 8.83. The lowest BCUT2D eigenvalue weighted by Crippen LogP contribution is -2.31. The molecule has 3 fully saturated rings. The largest absolute Gasteiger partial charge is 0.346 e. The summed E-state index contributed by atoms with van der Waals surface area (Å²) in [5.74, 6) is 1.11. The fraction of sp³-hybridized carbons (Fsp3) is 0.765. The van der Waals surface area contributed by atoms with Crippen LogP contribution in [0.2, 0.25) is 0 Å². The Labute approximate surface area is 151 Å². The van der Waals surface area contributed by atoms with E-state index in [-0.39, 0.29) is 18.5 Å². The number of rotatable bonds is 5. The topological polar surface area (TPSA) is 27.7 Å². The molecule has 0 radical (unpaired) electrons. The smallest absolute Gasteiger partial charge is 0.187 e. The van der Waals surface area contributed by atoms with Gasteiger partial charge in [-0.2, -0.15) is 0 Å². The van der Waals surface area contributed by atoms with Gasteiger partial charge in [-0.05, 0) is 49.5 Å². The van der Waals surface area contributed by atoms with E-state index < -0.39 is 5.79 Å². The maximum Gasteiger partial charge on any atom is 0.187 e. The number of fused-ring (bicyclic) bond motifs is 3. The Hall–Kier alpha value is 0.380. The second kappa shape index (κ2) is 7.09. The lowest BCUT2D eigenvalue weighted by atomic mass is 9.86. The Bertz CT molecular complexity index is 463. The van der Waals surface area contributed by atoms with E-state index in [9.17, 15) is 0 Å². The molecule has 1 aliphatic carbocycles. The number of allylic oxidation sites excluding steroid dienone is 2. The van der Waals surface area contributed by atoms with Gasteiger partial charge in [-0.15, -0.1) is 11.6 Å². The molecule has 0 aromatic carbocycles. The summed E-state index contributed by atoms with van der Waals surface area (Å²) in [5.41, 5.74) is 1.49. The molecule has 0 unspecified atom stereocenters. The lowest BCUT2D eigenvalue weighted by Gasteiger charge is -2.24. The molecule has 0 aromatic rings. The van der Waals surface area contributed by atoms with E-state index in [4.69, 9.17) is 25.8 Å². The second-order valence-electron chi connectivity index (χ2n) is 6.75. The first kappa shape index (κ1) is 17.2. The third-order valence-corrected chi connectivity index (χ3v) is 5.85. The average molecular weight is 439 g/mol. The SMILES string of the molecule is CC1(C)O[C@H]2O[C@@H]3C/C(=C\I)[C@H](C/C=C\CCCCl)[C@H]3[C@H]2O1. The number of ether oxygens (including phenoxy) is 3. The number of halogens is 2. The molecule has 0 aromatic heterocycles. The van der Waals surface area contributed by atoms with Crippen LogP contribution in [0.1, 0.15) is 39.5 Å². The molecule has 124 valence electrons. The van der Waals surface area contributed by atoms with Crippen LogP contribution in [-0.4, -0.2) is 30.2 Å². The van der Waals surface area contributed by atoms with Gasteiger partial charge in [0.2, 0.25) is 0 Å². The van der Waals surface area contributed by atoms with Gasteiger partial charge in [-0.3, -0.25) is 0 Å². The van der Waals surface area contributed by atoms with Crippen LogP contribution in [-0.2, 0) is 14.2 Å². The molecule has 1 saturated carbocycles. The fourth-order valence-electron chi connectivity index (χ4n) is 3.89. The van der Waals surface area contributed by atoms with Crippen LogP contribution >= 0.6 is 34.2 Å². The summed E-state index contributed by atoms with van der Waals surface area (Å²) in [6, 6.07) is 0. The Morgan fingerprint density at radius 3 is 2.86 bits per heavy atom. The third-order valence-electron chi connectivity index (χ3n) is 4.78. The minimum absolute atomic E-state index is 0.0649. The zero-order chi connectivity index (χ0) is 15.7. The Morgan fingerprint density at radius 1 is 1.32 bits per heavy atom. The predicted octanol–water partition coefficient (Wildman–Crippen LogP) is 4.78. The first-order valence-electron chi connectivity index (χ1n) is 8.07. The molecule has 0 bridgehead atoms. The Morgan fingerprint density at radius 2 is 2.14 bits per heavy atom. The van der Waals surface area contributed by atoms with Crippen molar-refractivity contribution < 1.29 is 14.2 Å². The van der Waals surface area contributed by atoms with Gasteiger partial charge in [0.05, 0.1) is 6.10 Å². The van der Waals surface area contributed by atoms with Crippen molar-refractivity contribution in [3.8, 4) is 0 Å². The zero-order valence-corrected chi connectivity index (χ0v) is 16.0. The molecule has 2 heterocycles. The van der Waals surface area contributed by atoms with Gasteiger partial charge in [0, 0.05) is 11.8 Å². The van der Waals surface area contributed by atoms with E-state index in [2.05, 4.69) is 38.8 Å². The van der Waals surface area contributed by atoms with Crippen LogP contribution in [0.4, 0.5) is 0 Å². The second-order valence-corrected chi connectivity index (χ2v) is 7.75. The first-order chi connectivity index (χ1) is 10.6. The summed E-state index contributed by atoms with van der Waals surface area (Å²) in [5, 5.41) is 0. The van der Waals surface area contributed by atoms with E-state index in [1.807, 2.05) is 13.8 Å². The van der Waals surface area contributed by atoms with Crippen molar-refractivity contribution in [2.75, 3.05) is 5.88 Å². The molecule has 3 rings (SSSR count). The van der Waals surface area contributed by atoms with Gasteiger partial charge < -0.3 is 14.2 Å². The minimum Gasteiger partial charge on any atom is -0.346 e. The summed E-state index contributed by atoms with van der Waals surface area (Å²) in [4.78, 5) is 0. The van der Waals surface area contributed by atoms with Gasteiger partial charge in [0.1, 0.15) is 6.10 Å². The molecule has 0 spiro atoms. The van der Waals surface area contributed by atoms with E-state index in [1.54, 1.807) is 0 Å². The molecule has 22 heavy (non-hydrogen) atoms. The summed E-state index contributed by atoms with van der Waals surface area (Å²) in [6.45, 7) is 3.93. The Kier molecular flexibility index (Phi) is 5.55. The highest BCUT2D eigenvalue weighted by Gasteiger charge is 2.59. The highest BCUT2D eigenvalue weighted by atomic mass is 127. The molecule has 2 aliphatic heterocycles. The van der Waals surface area contributed by atoms with Gasteiger partial charge in [-0.25, -0.2) is 0 Å². The number of alkyl halides is 1. The number of hydrogen-bond acceptors (Lipinski definition) is 3. The summed E-state index contributed by atoms with van der Waals surface area (Å²) >= 11 is 8.08. The monoisotopic (exact) mass is 438 g/mol. The van der Waals surface area contributed by atoms with Crippen molar-refractivity contribution in [1.82, 2.24) is 0 Å². The standard InChI is InChI=1S/C17H24ClIO3/c1-17(2)21-15-14-12(7-5-3-4-6-8-18)11(10-19)9-13(14)20-16(15)22-17/h3,5,10,12-16H,4,6-9H2,1-2H3/b5-3-,11-10+/t12-,13+,14+,15+,16+/m0/s1. The van der Waals surface area contributed by atoms with Crippen molar-refractivity contribution in [2.24, 2.45) is 11.8 Å². The normalized spacial score (nSPS) is 41.5. The van der Waals surface area contributed by atoms with E-state index in [0.717, 1.165) is 31.6 Å². The predicted molar refractivity (Wildman–Crippen MR) is 96.1 cm³/mol. The van der Waals surface area contributed by atoms with Crippen molar-refractivity contribution in [3.05, 3.63) is 21.8 Å².